The van der Waals surface area contributed by atoms with E-state index >= 15 is 0 Å². The fourth-order valence-corrected chi connectivity index (χ4v) is 2.13. The molecule has 0 aliphatic rings. The molecule has 0 amide bonds. The van der Waals surface area contributed by atoms with E-state index in [0.717, 1.165) is 11.8 Å². The maximum absolute atomic E-state index is 8.08. The number of halogens is 1. The maximum Gasteiger partial charge on any atom is 0.0257 e. The highest BCUT2D eigenvalue weighted by atomic mass is 79.9. The maximum atomic E-state index is 8.08. The van der Waals surface area contributed by atoms with E-state index < -0.39 is 0 Å². The minimum Gasteiger partial charge on any atom is -0.0940 e. The van der Waals surface area contributed by atoms with Crippen molar-refractivity contribution in [3.8, 4) is 0 Å². The van der Waals surface area contributed by atoms with E-state index in [1.54, 1.807) is 0 Å². The van der Waals surface area contributed by atoms with Crippen LogP contribution in [0.15, 0.2) is 5.11 Å². The molecular formula is C12H24BrN3. The number of alkyl halides is 1. The summed E-state index contributed by atoms with van der Waals surface area (Å²) in [6, 6.07) is 0. The second-order valence-corrected chi connectivity index (χ2v) is 4.97. The summed E-state index contributed by atoms with van der Waals surface area (Å²) in [5.74, 6) is 0. The monoisotopic (exact) mass is 289 g/mol. The van der Waals surface area contributed by atoms with Gasteiger partial charge in [-0.25, -0.2) is 0 Å². The highest BCUT2D eigenvalue weighted by Crippen LogP contribution is 2.10. The van der Waals surface area contributed by atoms with Gasteiger partial charge in [0.05, 0.1) is 0 Å². The Hall–Kier alpha value is -0.210. The molecule has 0 aromatic heterocycles. The Labute approximate surface area is 108 Å². The molecule has 0 saturated heterocycles. The Bertz CT molecular complexity index is 179. The van der Waals surface area contributed by atoms with Gasteiger partial charge < -0.3 is 0 Å². The molecule has 0 aromatic rings. The molecule has 94 valence electrons. The first-order valence-corrected chi connectivity index (χ1v) is 7.60. The van der Waals surface area contributed by atoms with Crippen LogP contribution in [0.3, 0.4) is 0 Å². The normalized spacial score (nSPS) is 10.1. The van der Waals surface area contributed by atoms with Gasteiger partial charge in [0.15, 0.2) is 0 Å². The molecular weight excluding hydrogens is 266 g/mol. The summed E-state index contributed by atoms with van der Waals surface area (Å²) in [5.41, 5.74) is 8.08. The predicted octanol–water partition coefficient (Wildman–Crippen LogP) is 5.59. The number of hydrogen-bond donors (Lipinski definition) is 0. The Morgan fingerprint density at radius 2 is 1.19 bits per heavy atom. The molecule has 0 saturated carbocycles. The van der Waals surface area contributed by atoms with E-state index in [4.69, 9.17) is 5.53 Å². The zero-order valence-electron chi connectivity index (χ0n) is 10.2. The van der Waals surface area contributed by atoms with Crippen molar-refractivity contribution in [1.29, 1.82) is 0 Å². The number of unbranched alkanes of at least 4 members (excludes halogenated alkanes) is 9. The Morgan fingerprint density at radius 1 is 0.750 bits per heavy atom. The summed E-state index contributed by atoms with van der Waals surface area (Å²) < 4.78 is 0. The highest BCUT2D eigenvalue weighted by Gasteiger charge is 1.92. The zero-order valence-corrected chi connectivity index (χ0v) is 11.8. The number of azide groups is 1. The SMILES string of the molecule is [N-]=[N+]=NCCCCCCCCCCCCBr. The molecule has 0 heterocycles. The molecule has 0 bridgehead atoms. The van der Waals surface area contributed by atoms with Gasteiger partial charge in [-0.15, -0.1) is 0 Å². The van der Waals surface area contributed by atoms with Crippen molar-refractivity contribution in [1.82, 2.24) is 0 Å². The molecule has 0 rings (SSSR count). The Balaban J connectivity index is 2.90. The number of hydrogen-bond acceptors (Lipinski definition) is 1. The number of nitrogens with zero attached hydrogens (tertiary/aromatic N) is 3. The molecule has 0 N–H and O–H groups in total. The van der Waals surface area contributed by atoms with Crippen LogP contribution in [0.1, 0.15) is 64.2 Å². The number of rotatable bonds is 12. The second kappa shape index (κ2) is 14.8. The van der Waals surface area contributed by atoms with Crippen LogP contribution in [0.25, 0.3) is 10.4 Å². The third kappa shape index (κ3) is 13.8. The predicted molar refractivity (Wildman–Crippen MR) is 74.0 cm³/mol. The van der Waals surface area contributed by atoms with Crippen molar-refractivity contribution in [2.75, 3.05) is 11.9 Å². The van der Waals surface area contributed by atoms with Gasteiger partial charge in [-0.05, 0) is 18.4 Å². The lowest BCUT2D eigenvalue weighted by Crippen LogP contribution is -1.83. The van der Waals surface area contributed by atoms with E-state index in [-0.39, 0.29) is 0 Å². The molecule has 0 spiro atoms. The summed E-state index contributed by atoms with van der Waals surface area (Å²) in [5, 5.41) is 4.68. The average Bonchev–Trinajstić information content (AvgIpc) is 2.31. The topological polar surface area (TPSA) is 48.8 Å². The lowest BCUT2D eigenvalue weighted by molar-refractivity contribution is 0.559. The van der Waals surface area contributed by atoms with Gasteiger partial charge >= 0.3 is 0 Å². The van der Waals surface area contributed by atoms with Crippen LogP contribution in [-0.4, -0.2) is 11.9 Å². The van der Waals surface area contributed by atoms with E-state index in [0.29, 0.717) is 6.54 Å². The summed E-state index contributed by atoms with van der Waals surface area (Å²) in [6.07, 6.45) is 13.1. The largest absolute Gasteiger partial charge is 0.0940 e. The van der Waals surface area contributed by atoms with Gasteiger partial charge in [0.2, 0.25) is 0 Å². The van der Waals surface area contributed by atoms with Crippen LogP contribution in [-0.2, 0) is 0 Å². The quantitative estimate of drug-likeness (QED) is 0.148. The lowest BCUT2D eigenvalue weighted by Gasteiger charge is -2.01. The van der Waals surface area contributed by atoms with Gasteiger partial charge in [-0.1, -0.05) is 72.4 Å². The van der Waals surface area contributed by atoms with Crippen LogP contribution in [0, 0.1) is 0 Å². The molecule has 4 heteroatoms. The van der Waals surface area contributed by atoms with Crippen molar-refractivity contribution < 1.29 is 0 Å². The first-order valence-electron chi connectivity index (χ1n) is 6.48. The molecule has 0 aromatic carbocycles. The summed E-state index contributed by atoms with van der Waals surface area (Å²) in [6.45, 7) is 0.670. The van der Waals surface area contributed by atoms with Crippen molar-refractivity contribution in [2.24, 2.45) is 5.11 Å². The van der Waals surface area contributed by atoms with Crippen LogP contribution in [0.5, 0.6) is 0 Å². The van der Waals surface area contributed by atoms with Crippen LogP contribution in [0.4, 0.5) is 0 Å². The second-order valence-electron chi connectivity index (χ2n) is 4.18. The standard InChI is InChI=1S/C12H24BrN3/c13-11-9-7-5-3-1-2-4-6-8-10-12-15-16-14/h1-12H2. The summed E-state index contributed by atoms with van der Waals surface area (Å²) in [7, 11) is 0. The van der Waals surface area contributed by atoms with E-state index in [1.807, 2.05) is 0 Å². The van der Waals surface area contributed by atoms with E-state index in [2.05, 4.69) is 26.0 Å². The van der Waals surface area contributed by atoms with Gasteiger partial charge in [-0.3, -0.25) is 0 Å². The van der Waals surface area contributed by atoms with Gasteiger partial charge in [0.25, 0.3) is 0 Å². The molecule has 0 unspecified atom stereocenters. The molecule has 0 aliphatic carbocycles. The molecule has 3 nitrogen and oxygen atoms in total. The highest BCUT2D eigenvalue weighted by molar-refractivity contribution is 9.09. The van der Waals surface area contributed by atoms with Crippen molar-refractivity contribution in [3.05, 3.63) is 10.4 Å². The van der Waals surface area contributed by atoms with Crippen molar-refractivity contribution in [3.63, 3.8) is 0 Å². The van der Waals surface area contributed by atoms with Crippen molar-refractivity contribution >= 4 is 15.9 Å². The molecule has 0 radical (unpaired) electrons. The first-order chi connectivity index (χ1) is 7.91. The third-order valence-corrected chi connectivity index (χ3v) is 3.27. The molecule has 16 heavy (non-hydrogen) atoms. The average molecular weight is 290 g/mol. The van der Waals surface area contributed by atoms with Gasteiger partial charge in [0, 0.05) is 16.8 Å². The van der Waals surface area contributed by atoms with Crippen molar-refractivity contribution in [2.45, 2.75) is 64.2 Å². The van der Waals surface area contributed by atoms with Gasteiger partial charge in [-0.2, -0.15) is 0 Å². The molecule has 0 atom stereocenters. The first kappa shape index (κ1) is 15.8. The lowest BCUT2D eigenvalue weighted by atomic mass is 10.1. The minimum absolute atomic E-state index is 0.670. The minimum atomic E-state index is 0.670. The fourth-order valence-electron chi connectivity index (χ4n) is 1.74. The van der Waals surface area contributed by atoms with Crippen LogP contribution in [0.2, 0.25) is 0 Å². The van der Waals surface area contributed by atoms with E-state index in [9.17, 15) is 0 Å². The van der Waals surface area contributed by atoms with Crippen LogP contribution < -0.4 is 0 Å². The summed E-state index contributed by atoms with van der Waals surface area (Å²) in [4.78, 5) is 2.74. The third-order valence-electron chi connectivity index (χ3n) is 2.70. The smallest absolute Gasteiger partial charge is 0.0257 e. The Kier molecular flexibility index (Phi) is 14.6. The molecule has 0 fully saturated rings. The zero-order chi connectivity index (χ0) is 11.9. The summed E-state index contributed by atoms with van der Waals surface area (Å²) >= 11 is 3.45. The van der Waals surface area contributed by atoms with E-state index in [1.165, 1.54) is 57.8 Å². The Morgan fingerprint density at radius 3 is 1.62 bits per heavy atom. The fraction of sp³-hybridized carbons (Fsp3) is 1.00. The van der Waals surface area contributed by atoms with Gasteiger partial charge in [0.1, 0.15) is 0 Å². The van der Waals surface area contributed by atoms with Crippen LogP contribution >= 0.6 is 15.9 Å². The molecule has 0 aliphatic heterocycles.